The molecule has 21 heavy (non-hydrogen) atoms. The van der Waals surface area contributed by atoms with Gasteiger partial charge in [0.25, 0.3) is 0 Å². The lowest BCUT2D eigenvalue weighted by Crippen LogP contribution is -2.02. The van der Waals surface area contributed by atoms with Crippen molar-refractivity contribution in [3.63, 3.8) is 0 Å². The number of fused-ring (bicyclic) bond motifs is 1. The van der Waals surface area contributed by atoms with Crippen LogP contribution in [0.1, 0.15) is 29.7 Å². The van der Waals surface area contributed by atoms with Crippen LogP contribution < -0.4 is 10.5 Å². The first-order chi connectivity index (χ1) is 10.3. The van der Waals surface area contributed by atoms with Crippen molar-refractivity contribution in [1.29, 1.82) is 0 Å². The van der Waals surface area contributed by atoms with Crippen LogP contribution in [0.3, 0.4) is 0 Å². The van der Waals surface area contributed by atoms with Crippen molar-refractivity contribution < 1.29 is 4.74 Å². The summed E-state index contributed by atoms with van der Waals surface area (Å²) in [6, 6.07) is 6.47. The zero-order valence-corrected chi connectivity index (χ0v) is 12.3. The minimum absolute atomic E-state index is 0.746. The summed E-state index contributed by atoms with van der Waals surface area (Å²) in [6.45, 7) is 2.42. The summed E-state index contributed by atoms with van der Waals surface area (Å²) in [5.74, 6) is 1.04. The number of benzene rings is 1. The highest BCUT2D eigenvalue weighted by Gasteiger charge is 2.11. The first-order valence-electron chi connectivity index (χ1n) is 7.69. The predicted molar refractivity (Wildman–Crippen MR) is 81.4 cm³/mol. The van der Waals surface area contributed by atoms with Gasteiger partial charge in [0, 0.05) is 19.2 Å². The Morgan fingerprint density at radius 2 is 2.19 bits per heavy atom. The number of ether oxygens (including phenoxy) is 1. The van der Waals surface area contributed by atoms with Gasteiger partial charge < -0.3 is 10.5 Å². The molecule has 0 radical (unpaired) electrons. The Morgan fingerprint density at radius 1 is 1.24 bits per heavy atom. The van der Waals surface area contributed by atoms with Gasteiger partial charge in [-0.15, -0.1) is 5.10 Å². The smallest absolute Gasteiger partial charge is 0.122 e. The van der Waals surface area contributed by atoms with Crippen molar-refractivity contribution in [3.8, 4) is 5.75 Å². The van der Waals surface area contributed by atoms with E-state index in [1.165, 1.54) is 11.1 Å². The average Bonchev–Trinajstić information content (AvgIpc) is 3.13. The summed E-state index contributed by atoms with van der Waals surface area (Å²) in [5.41, 5.74) is 9.22. The van der Waals surface area contributed by atoms with E-state index in [-0.39, 0.29) is 0 Å². The number of nitrogens with two attached hydrogens (primary N) is 1. The summed E-state index contributed by atoms with van der Waals surface area (Å²) in [5, 5.41) is 8.40. The normalized spacial score (nSPS) is 13.2. The Bertz CT molecular complexity index is 594. The monoisotopic (exact) mass is 286 g/mol. The number of aromatic nitrogens is 3. The molecule has 1 aromatic heterocycles. The molecule has 2 aromatic rings. The zero-order chi connectivity index (χ0) is 14.5. The van der Waals surface area contributed by atoms with Crippen molar-refractivity contribution >= 4 is 0 Å². The van der Waals surface area contributed by atoms with E-state index >= 15 is 0 Å². The summed E-state index contributed by atoms with van der Waals surface area (Å²) in [4.78, 5) is 0. The van der Waals surface area contributed by atoms with Crippen molar-refractivity contribution in [2.75, 3.05) is 13.2 Å². The van der Waals surface area contributed by atoms with Gasteiger partial charge in [0.05, 0.1) is 12.3 Å². The van der Waals surface area contributed by atoms with Crippen LogP contribution >= 0.6 is 0 Å². The molecule has 0 fully saturated rings. The fourth-order valence-electron chi connectivity index (χ4n) is 2.65. The fraction of sp³-hybridized carbons (Fsp3) is 0.500. The Morgan fingerprint density at radius 3 is 3.10 bits per heavy atom. The third kappa shape index (κ3) is 3.61. The minimum Gasteiger partial charge on any atom is -0.493 e. The highest BCUT2D eigenvalue weighted by atomic mass is 16.5. The van der Waals surface area contributed by atoms with Gasteiger partial charge in [-0.1, -0.05) is 17.3 Å². The molecule has 0 saturated carbocycles. The van der Waals surface area contributed by atoms with E-state index in [0.29, 0.717) is 0 Å². The molecule has 112 valence electrons. The Labute approximate surface area is 125 Å². The molecule has 0 bridgehead atoms. The Kier molecular flexibility index (Phi) is 4.50. The number of unbranched alkanes of at least 4 members (excludes halogenated alkanes) is 1. The zero-order valence-electron chi connectivity index (χ0n) is 12.3. The van der Waals surface area contributed by atoms with Crippen molar-refractivity contribution in [2.45, 2.75) is 38.6 Å². The molecule has 2 heterocycles. The third-order valence-corrected chi connectivity index (χ3v) is 3.86. The van der Waals surface area contributed by atoms with E-state index in [1.54, 1.807) is 0 Å². The highest BCUT2D eigenvalue weighted by Crippen LogP contribution is 2.26. The molecule has 0 spiro atoms. The van der Waals surface area contributed by atoms with E-state index in [9.17, 15) is 0 Å². The standard InChI is InChI=1S/C16H22N4O/c17-8-2-1-3-15-12-20(19-18-15)9-6-13-4-5-16-14(11-13)7-10-21-16/h4-5,11-12H,1-3,6-10,17H2. The minimum atomic E-state index is 0.746. The fourth-order valence-corrected chi connectivity index (χ4v) is 2.65. The summed E-state index contributed by atoms with van der Waals surface area (Å²) < 4.78 is 7.46. The molecule has 0 amide bonds. The molecule has 1 aliphatic heterocycles. The predicted octanol–water partition coefficient (Wildman–Crippen LogP) is 1.74. The van der Waals surface area contributed by atoms with Gasteiger partial charge in [-0.25, -0.2) is 0 Å². The molecule has 1 aromatic carbocycles. The van der Waals surface area contributed by atoms with Crippen LogP contribution in [0.2, 0.25) is 0 Å². The number of aryl methyl sites for hydroxylation is 3. The number of hydrogen-bond donors (Lipinski definition) is 1. The van der Waals surface area contributed by atoms with Crippen LogP contribution in [-0.4, -0.2) is 28.1 Å². The van der Waals surface area contributed by atoms with E-state index in [4.69, 9.17) is 10.5 Å². The van der Waals surface area contributed by atoms with Crippen LogP contribution in [0.15, 0.2) is 24.4 Å². The number of nitrogens with zero attached hydrogens (tertiary/aromatic N) is 3. The largest absolute Gasteiger partial charge is 0.493 e. The van der Waals surface area contributed by atoms with E-state index < -0.39 is 0 Å². The molecule has 2 N–H and O–H groups in total. The van der Waals surface area contributed by atoms with Crippen LogP contribution in [0, 0.1) is 0 Å². The van der Waals surface area contributed by atoms with Crippen LogP contribution in [0.25, 0.3) is 0 Å². The molecular formula is C16H22N4O. The topological polar surface area (TPSA) is 66.0 Å². The molecule has 5 heteroatoms. The molecule has 3 rings (SSSR count). The van der Waals surface area contributed by atoms with Crippen molar-refractivity contribution in [3.05, 3.63) is 41.2 Å². The maximum absolute atomic E-state index is 5.53. The number of rotatable bonds is 7. The van der Waals surface area contributed by atoms with Crippen molar-refractivity contribution in [1.82, 2.24) is 15.0 Å². The molecule has 0 atom stereocenters. The summed E-state index contributed by atoms with van der Waals surface area (Å²) in [7, 11) is 0. The molecule has 0 unspecified atom stereocenters. The summed E-state index contributed by atoms with van der Waals surface area (Å²) in [6.07, 6.45) is 7.14. The number of hydrogen-bond acceptors (Lipinski definition) is 4. The highest BCUT2D eigenvalue weighted by molar-refractivity contribution is 5.39. The summed E-state index contributed by atoms with van der Waals surface area (Å²) >= 11 is 0. The second-order valence-corrected chi connectivity index (χ2v) is 5.51. The molecular weight excluding hydrogens is 264 g/mol. The van der Waals surface area contributed by atoms with E-state index in [2.05, 4.69) is 28.5 Å². The SMILES string of the molecule is NCCCCc1cn(CCc2ccc3c(c2)CCO3)nn1. The second-order valence-electron chi connectivity index (χ2n) is 5.51. The van der Waals surface area contributed by atoms with Crippen LogP contribution in [0.4, 0.5) is 0 Å². The quantitative estimate of drug-likeness (QED) is 0.787. The van der Waals surface area contributed by atoms with Gasteiger partial charge in [0.1, 0.15) is 5.75 Å². The maximum Gasteiger partial charge on any atom is 0.122 e. The lowest BCUT2D eigenvalue weighted by molar-refractivity contribution is 0.357. The van der Waals surface area contributed by atoms with Gasteiger partial charge in [-0.05, 0) is 49.4 Å². The first-order valence-corrected chi connectivity index (χ1v) is 7.69. The van der Waals surface area contributed by atoms with Crippen molar-refractivity contribution in [2.24, 2.45) is 5.73 Å². The van der Waals surface area contributed by atoms with Gasteiger partial charge in [0.2, 0.25) is 0 Å². The maximum atomic E-state index is 5.53. The Balaban J connectivity index is 1.53. The van der Waals surface area contributed by atoms with Gasteiger partial charge >= 0.3 is 0 Å². The molecule has 0 aliphatic carbocycles. The van der Waals surface area contributed by atoms with E-state index in [0.717, 1.165) is 63.2 Å². The van der Waals surface area contributed by atoms with E-state index in [1.807, 2.05) is 10.9 Å². The first kappa shape index (κ1) is 14.1. The average molecular weight is 286 g/mol. The lowest BCUT2D eigenvalue weighted by Gasteiger charge is -2.04. The Hall–Kier alpha value is -1.88. The molecule has 5 nitrogen and oxygen atoms in total. The van der Waals surface area contributed by atoms with Crippen LogP contribution in [0.5, 0.6) is 5.75 Å². The van der Waals surface area contributed by atoms with Crippen LogP contribution in [-0.2, 0) is 25.8 Å². The second kappa shape index (κ2) is 6.72. The van der Waals surface area contributed by atoms with Gasteiger partial charge in [0.15, 0.2) is 0 Å². The molecule has 1 aliphatic rings. The van der Waals surface area contributed by atoms with Gasteiger partial charge in [-0.3, -0.25) is 4.68 Å². The van der Waals surface area contributed by atoms with Gasteiger partial charge in [-0.2, -0.15) is 0 Å². The molecule has 0 saturated heterocycles. The third-order valence-electron chi connectivity index (χ3n) is 3.86. The lowest BCUT2D eigenvalue weighted by atomic mass is 10.1.